The fourth-order valence-electron chi connectivity index (χ4n) is 6.08. The molecule has 0 saturated carbocycles. The van der Waals surface area contributed by atoms with Crippen LogP contribution in [0.2, 0.25) is 16.6 Å². The first-order valence-electron chi connectivity index (χ1n) is 13.9. The summed E-state index contributed by atoms with van der Waals surface area (Å²) in [6, 6.07) is 7.89. The Morgan fingerprint density at radius 3 is 2.05 bits per heavy atom. The Morgan fingerprint density at radius 1 is 0.857 bits per heavy atom. The second-order valence-corrected chi connectivity index (χ2v) is 17.5. The summed E-state index contributed by atoms with van der Waals surface area (Å²) in [7, 11) is -0.932. The van der Waals surface area contributed by atoms with Crippen LogP contribution in [0.15, 0.2) is 78.3 Å². The van der Waals surface area contributed by atoms with Gasteiger partial charge in [-0.2, -0.15) is 10.2 Å². The van der Waals surface area contributed by atoms with Gasteiger partial charge in [-0.3, -0.25) is 0 Å². The third-order valence-electron chi connectivity index (χ3n) is 7.66. The van der Waals surface area contributed by atoms with Crippen molar-refractivity contribution in [1.29, 1.82) is 0 Å². The van der Waals surface area contributed by atoms with Crippen molar-refractivity contribution < 1.29 is 9.68 Å². The van der Waals surface area contributed by atoms with Crippen LogP contribution < -0.4 is 4.65 Å². The van der Waals surface area contributed by atoms with Crippen molar-refractivity contribution in [2.45, 2.75) is 58.2 Å². The summed E-state index contributed by atoms with van der Waals surface area (Å²) < 4.78 is 8.40. The average molecular weight is 648 g/mol. The zero-order valence-electron chi connectivity index (χ0n) is 24.7. The third kappa shape index (κ3) is 6.53. The zero-order chi connectivity index (χ0) is 30.3. The SMILES string of the molecule is Brc1cnnc2[nH]ccc12.CC(C)[Si](C(C)C)(C(C)C)n1ccc(O[B]O)c1.c1cc(-c2cnnc3[nH]ccc23)c[nH]1. The first kappa shape index (κ1) is 31.3. The van der Waals surface area contributed by atoms with E-state index in [1.165, 1.54) is 0 Å². The molecule has 0 unspecified atom stereocenters. The van der Waals surface area contributed by atoms with E-state index in [0.717, 1.165) is 45.4 Å². The fourth-order valence-corrected chi connectivity index (χ4v) is 13.0. The van der Waals surface area contributed by atoms with Crippen LogP contribution in [-0.4, -0.2) is 60.5 Å². The second-order valence-electron chi connectivity index (χ2n) is 10.9. The minimum Gasteiger partial charge on any atom is -0.536 e. The molecule has 4 N–H and O–H groups in total. The maximum Gasteiger partial charge on any atom is 0.569 e. The number of H-pyrrole nitrogens is 3. The van der Waals surface area contributed by atoms with Crippen molar-refractivity contribution in [3.8, 4) is 16.9 Å². The molecule has 6 heterocycles. The Bertz CT molecular complexity index is 1660. The van der Waals surface area contributed by atoms with Gasteiger partial charge in [0.15, 0.2) is 19.5 Å². The molecular formula is C29H37BBrN8O2Si. The summed E-state index contributed by atoms with van der Waals surface area (Å²) in [5.41, 5.74) is 5.81. The van der Waals surface area contributed by atoms with Gasteiger partial charge in [-0.1, -0.05) is 41.5 Å². The van der Waals surface area contributed by atoms with Crippen molar-refractivity contribution in [3.63, 3.8) is 0 Å². The van der Waals surface area contributed by atoms with Crippen LogP contribution in [-0.2, 0) is 0 Å². The summed E-state index contributed by atoms with van der Waals surface area (Å²) in [6.07, 6.45) is 15.1. The number of aromatic nitrogens is 8. The molecule has 0 aliphatic heterocycles. The molecule has 6 aromatic heterocycles. The highest BCUT2D eigenvalue weighted by Gasteiger charge is 2.45. The van der Waals surface area contributed by atoms with E-state index in [1.807, 2.05) is 55.2 Å². The summed E-state index contributed by atoms with van der Waals surface area (Å²) >= 11 is 3.35. The van der Waals surface area contributed by atoms with Crippen molar-refractivity contribution in [3.05, 3.63) is 78.3 Å². The van der Waals surface area contributed by atoms with Crippen LogP contribution in [0.3, 0.4) is 0 Å². The molecule has 0 saturated heterocycles. The molecular weight excluding hydrogens is 611 g/mol. The minimum atomic E-state index is -1.67. The highest BCUT2D eigenvalue weighted by Crippen LogP contribution is 2.43. The average Bonchev–Trinajstić information content (AvgIpc) is 3.77. The lowest BCUT2D eigenvalue weighted by atomic mass is 10.1. The molecule has 0 amide bonds. The molecule has 0 aromatic carbocycles. The highest BCUT2D eigenvalue weighted by atomic mass is 79.9. The quantitative estimate of drug-likeness (QED) is 0.137. The number of aromatic amines is 3. The summed E-state index contributed by atoms with van der Waals surface area (Å²) in [5.74, 6) is 0.705. The molecule has 6 aromatic rings. The maximum absolute atomic E-state index is 8.71. The van der Waals surface area contributed by atoms with Crippen LogP contribution in [0.5, 0.6) is 5.75 Å². The molecule has 13 heteroatoms. The summed E-state index contributed by atoms with van der Waals surface area (Å²) in [6.45, 7) is 13.9. The van der Waals surface area contributed by atoms with Crippen LogP contribution in [0.25, 0.3) is 33.2 Å². The topological polar surface area (TPSA) is 133 Å². The van der Waals surface area contributed by atoms with Gasteiger partial charge >= 0.3 is 7.69 Å². The number of hydrogen-bond acceptors (Lipinski definition) is 6. The standard InChI is InChI=1S/C13H25BNO2Si.C10H8N4.C6H4BrN3/c1-10(2)18(11(3)4,12(5)6)15-8-7-13(9-15)17-14-16;1-3-11-5-7(1)9-6-13-14-10-8(9)2-4-12-10;7-5-3-9-10-6-4(5)1-2-8-6/h7-12,16H,1-6H3;1-6,11H,(H,12,14);1-3H,(H,8,10). The summed E-state index contributed by atoms with van der Waals surface area (Å²) in [4.78, 5) is 9.02. The van der Waals surface area contributed by atoms with Gasteiger partial charge in [0.2, 0.25) is 0 Å². The molecule has 1 radical (unpaired) electrons. The smallest absolute Gasteiger partial charge is 0.536 e. The molecule has 0 aliphatic rings. The van der Waals surface area contributed by atoms with Gasteiger partial charge < -0.3 is 28.9 Å². The number of nitrogens with zero attached hydrogens (tertiary/aromatic N) is 5. The number of nitrogens with one attached hydrogen (secondary N) is 3. The second kappa shape index (κ2) is 14.0. The maximum atomic E-state index is 8.71. The van der Waals surface area contributed by atoms with Gasteiger partial charge in [-0.05, 0) is 63.0 Å². The van der Waals surface area contributed by atoms with E-state index in [9.17, 15) is 0 Å². The normalized spacial score (nSPS) is 11.5. The minimum absolute atomic E-state index is 0.649. The van der Waals surface area contributed by atoms with Crippen LogP contribution in [0.1, 0.15) is 41.5 Å². The van der Waals surface area contributed by atoms with Crippen molar-refractivity contribution in [2.75, 3.05) is 0 Å². The van der Waals surface area contributed by atoms with Gasteiger partial charge in [0.25, 0.3) is 0 Å². The molecule has 0 spiro atoms. The molecule has 6 rings (SSSR count). The van der Waals surface area contributed by atoms with E-state index in [4.69, 9.17) is 9.68 Å². The fraction of sp³-hybridized carbons (Fsp3) is 0.310. The Kier molecular flexibility index (Phi) is 10.4. The Labute approximate surface area is 255 Å². The lowest BCUT2D eigenvalue weighted by molar-refractivity contribution is 0.454. The zero-order valence-corrected chi connectivity index (χ0v) is 27.3. The summed E-state index contributed by atoms with van der Waals surface area (Å²) in [5, 5.41) is 26.4. The number of hydrogen-bond donors (Lipinski definition) is 4. The lowest BCUT2D eigenvalue weighted by Gasteiger charge is -2.44. The molecule has 0 atom stereocenters. The van der Waals surface area contributed by atoms with Crippen LogP contribution >= 0.6 is 15.9 Å². The van der Waals surface area contributed by atoms with E-state index in [2.05, 4.69) is 103 Å². The van der Waals surface area contributed by atoms with Gasteiger partial charge in [-0.15, -0.1) is 10.2 Å². The first-order chi connectivity index (χ1) is 20.2. The molecule has 10 nitrogen and oxygen atoms in total. The molecule has 0 aliphatic carbocycles. The third-order valence-corrected chi connectivity index (χ3v) is 15.0. The van der Waals surface area contributed by atoms with Crippen molar-refractivity contribution in [1.82, 2.24) is 39.6 Å². The molecule has 0 bridgehead atoms. The molecule has 0 fully saturated rings. The Balaban J connectivity index is 0.000000150. The van der Waals surface area contributed by atoms with E-state index in [0.29, 0.717) is 22.4 Å². The predicted molar refractivity (Wildman–Crippen MR) is 175 cm³/mol. The van der Waals surface area contributed by atoms with Crippen molar-refractivity contribution in [2.24, 2.45) is 0 Å². The molecule has 219 valence electrons. The lowest BCUT2D eigenvalue weighted by Crippen LogP contribution is -2.51. The first-order valence-corrected chi connectivity index (χ1v) is 16.8. The van der Waals surface area contributed by atoms with Crippen LogP contribution in [0.4, 0.5) is 0 Å². The molecule has 42 heavy (non-hydrogen) atoms. The highest BCUT2D eigenvalue weighted by molar-refractivity contribution is 9.10. The Hall–Kier alpha value is -3.68. The Morgan fingerprint density at radius 2 is 1.48 bits per heavy atom. The van der Waals surface area contributed by atoms with Crippen LogP contribution in [0, 0.1) is 0 Å². The van der Waals surface area contributed by atoms with E-state index >= 15 is 0 Å². The van der Waals surface area contributed by atoms with E-state index in [1.54, 1.807) is 12.4 Å². The van der Waals surface area contributed by atoms with Gasteiger partial charge in [0.05, 0.1) is 12.4 Å². The van der Waals surface area contributed by atoms with Gasteiger partial charge in [-0.25, -0.2) is 0 Å². The largest absolute Gasteiger partial charge is 0.569 e. The number of fused-ring (bicyclic) bond motifs is 2. The monoisotopic (exact) mass is 647 g/mol. The van der Waals surface area contributed by atoms with Crippen molar-refractivity contribution >= 4 is 53.9 Å². The number of rotatable bonds is 7. The predicted octanol–water partition coefficient (Wildman–Crippen LogP) is 7.09. The van der Waals surface area contributed by atoms with E-state index in [-0.39, 0.29) is 0 Å². The van der Waals surface area contributed by atoms with Gasteiger partial charge in [0, 0.05) is 57.4 Å². The van der Waals surface area contributed by atoms with E-state index < -0.39 is 8.24 Å². The van der Waals surface area contributed by atoms with Gasteiger partial charge in [0.1, 0.15) is 5.75 Å². The number of halogens is 1.